The van der Waals surface area contributed by atoms with Crippen LogP contribution in [0.4, 0.5) is 0 Å². The van der Waals surface area contributed by atoms with Gasteiger partial charge in [0.05, 0.1) is 11.1 Å². The molecule has 2 N–H and O–H groups in total. The molecule has 0 aliphatic heterocycles. The average Bonchev–Trinajstić information content (AvgIpc) is 2.69. The first-order valence-corrected chi connectivity index (χ1v) is 7.27. The van der Waals surface area contributed by atoms with Gasteiger partial charge in [0.15, 0.2) is 5.58 Å². The van der Waals surface area contributed by atoms with Crippen molar-refractivity contribution >= 4 is 46.1 Å². The number of thioether (sulfide) groups is 1. The maximum absolute atomic E-state index is 6.02. The van der Waals surface area contributed by atoms with Crippen molar-refractivity contribution in [3.8, 4) is 0 Å². The Morgan fingerprint density at radius 1 is 1.47 bits per heavy atom. The van der Waals surface area contributed by atoms with Crippen molar-refractivity contribution in [2.45, 2.75) is 12.5 Å². The first-order chi connectivity index (χ1) is 8.11. The fourth-order valence-electron chi connectivity index (χ4n) is 1.50. The van der Waals surface area contributed by atoms with Crippen LogP contribution in [0.5, 0.6) is 0 Å². The zero-order chi connectivity index (χ0) is 12.4. The van der Waals surface area contributed by atoms with Gasteiger partial charge in [0.25, 0.3) is 0 Å². The zero-order valence-corrected chi connectivity index (χ0v) is 11.6. The molecule has 0 aliphatic carbocycles. The molecule has 3 nitrogen and oxygen atoms in total. The van der Waals surface area contributed by atoms with Crippen molar-refractivity contribution in [3.63, 3.8) is 0 Å². The monoisotopic (exact) mass is 290 g/mol. The number of rotatable bonds is 4. The average molecular weight is 291 g/mol. The van der Waals surface area contributed by atoms with Gasteiger partial charge in [-0.15, -0.1) is 0 Å². The molecule has 1 atom stereocenters. The minimum absolute atomic E-state index is 0.204. The third kappa shape index (κ3) is 2.88. The van der Waals surface area contributed by atoms with Crippen LogP contribution in [0.1, 0.15) is 18.4 Å². The fourth-order valence-corrected chi connectivity index (χ4v) is 2.51. The maximum Gasteiger partial charge on any atom is 0.212 e. The smallest absolute Gasteiger partial charge is 0.212 e. The molecule has 0 amide bonds. The molecule has 0 fully saturated rings. The summed E-state index contributed by atoms with van der Waals surface area (Å²) in [6, 6.07) is 3.15. The molecule has 92 valence electrons. The Bertz CT molecular complexity index is 529. The quantitative estimate of drug-likeness (QED) is 0.928. The predicted molar refractivity (Wildman–Crippen MR) is 74.0 cm³/mol. The molecule has 0 saturated heterocycles. The summed E-state index contributed by atoms with van der Waals surface area (Å²) in [7, 11) is 0. The lowest BCUT2D eigenvalue weighted by Gasteiger charge is -2.04. The number of halogens is 2. The van der Waals surface area contributed by atoms with Crippen molar-refractivity contribution in [1.82, 2.24) is 4.98 Å². The largest absolute Gasteiger partial charge is 0.437 e. The van der Waals surface area contributed by atoms with Crippen LogP contribution in [0.2, 0.25) is 10.0 Å². The molecule has 1 unspecified atom stereocenters. The number of oxazole rings is 1. The third-order valence-corrected chi connectivity index (χ3v) is 3.52. The Morgan fingerprint density at radius 2 is 2.24 bits per heavy atom. The van der Waals surface area contributed by atoms with Gasteiger partial charge in [-0.1, -0.05) is 23.2 Å². The van der Waals surface area contributed by atoms with E-state index in [1.807, 2.05) is 6.26 Å². The van der Waals surface area contributed by atoms with Crippen molar-refractivity contribution in [1.29, 1.82) is 0 Å². The van der Waals surface area contributed by atoms with E-state index in [1.165, 1.54) is 0 Å². The number of nitrogens with two attached hydrogens (primary N) is 1. The first kappa shape index (κ1) is 13.0. The SMILES string of the molecule is CSCCC(N)c1nc2cc(Cl)cc(Cl)c2o1. The van der Waals surface area contributed by atoms with Gasteiger partial charge < -0.3 is 10.2 Å². The fraction of sp³-hybridized carbons (Fsp3) is 0.364. The highest BCUT2D eigenvalue weighted by Crippen LogP contribution is 2.30. The molecule has 1 aromatic heterocycles. The third-order valence-electron chi connectivity index (χ3n) is 2.38. The second-order valence-corrected chi connectivity index (χ2v) is 5.51. The molecule has 0 spiro atoms. The summed E-state index contributed by atoms with van der Waals surface area (Å²) in [6.07, 6.45) is 2.86. The Kier molecular flexibility index (Phi) is 4.20. The lowest BCUT2D eigenvalue weighted by atomic mass is 10.2. The van der Waals surface area contributed by atoms with Crippen LogP contribution in [0, 0.1) is 0 Å². The number of aromatic nitrogens is 1. The zero-order valence-electron chi connectivity index (χ0n) is 9.24. The van der Waals surface area contributed by atoms with Crippen LogP contribution in [-0.2, 0) is 0 Å². The Balaban J connectivity index is 2.34. The second kappa shape index (κ2) is 5.48. The highest BCUT2D eigenvalue weighted by molar-refractivity contribution is 7.98. The highest BCUT2D eigenvalue weighted by Gasteiger charge is 2.15. The van der Waals surface area contributed by atoms with Crippen molar-refractivity contribution in [3.05, 3.63) is 28.1 Å². The van der Waals surface area contributed by atoms with Crippen LogP contribution in [-0.4, -0.2) is 17.0 Å². The van der Waals surface area contributed by atoms with E-state index in [1.54, 1.807) is 23.9 Å². The van der Waals surface area contributed by atoms with Gasteiger partial charge in [0, 0.05) is 5.02 Å². The van der Waals surface area contributed by atoms with Crippen molar-refractivity contribution in [2.24, 2.45) is 5.73 Å². The Morgan fingerprint density at radius 3 is 2.94 bits per heavy atom. The van der Waals surface area contributed by atoms with E-state index in [-0.39, 0.29) is 6.04 Å². The van der Waals surface area contributed by atoms with Gasteiger partial charge in [-0.25, -0.2) is 4.98 Å². The lowest BCUT2D eigenvalue weighted by Crippen LogP contribution is -2.11. The van der Waals surface area contributed by atoms with Crippen LogP contribution in [0.25, 0.3) is 11.1 Å². The molecule has 2 aromatic rings. The van der Waals surface area contributed by atoms with E-state index in [0.717, 1.165) is 12.2 Å². The summed E-state index contributed by atoms with van der Waals surface area (Å²) >= 11 is 13.7. The maximum atomic E-state index is 6.02. The summed E-state index contributed by atoms with van der Waals surface area (Å²) in [5, 5.41) is 1.00. The van der Waals surface area contributed by atoms with Gasteiger partial charge in [-0.3, -0.25) is 0 Å². The van der Waals surface area contributed by atoms with Crippen molar-refractivity contribution in [2.75, 3.05) is 12.0 Å². The normalized spacial score (nSPS) is 13.2. The summed E-state index contributed by atoms with van der Waals surface area (Å²) in [6.45, 7) is 0. The molecule has 1 heterocycles. The molecular weight excluding hydrogens is 279 g/mol. The van der Waals surface area contributed by atoms with E-state index in [9.17, 15) is 0 Å². The summed E-state index contributed by atoms with van der Waals surface area (Å²) in [5.41, 5.74) is 7.18. The van der Waals surface area contributed by atoms with Gasteiger partial charge in [0.2, 0.25) is 5.89 Å². The molecule has 2 rings (SSSR count). The van der Waals surface area contributed by atoms with Crippen LogP contribution in [0.15, 0.2) is 16.5 Å². The predicted octanol–water partition coefficient (Wildman–Crippen LogP) is 3.89. The van der Waals surface area contributed by atoms with Crippen LogP contribution < -0.4 is 5.73 Å². The molecule has 0 saturated carbocycles. The minimum Gasteiger partial charge on any atom is -0.437 e. The number of hydrogen-bond acceptors (Lipinski definition) is 4. The molecule has 0 bridgehead atoms. The van der Waals surface area contributed by atoms with E-state index in [2.05, 4.69) is 4.98 Å². The van der Waals surface area contributed by atoms with E-state index in [4.69, 9.17) is 33.4 Å². The number of nitrogens with zero attached hydrogens (tertiary/aromatic N) is 1. The van der Waals surface area contributed by atoms with E-state index in [0.29, 0.717) is 27.0 Å². The molecule has 0 radical (unpaired) electrons. The molecular formula is C11H12Cl2N2OS. The Hall–Kier alpha value is -0.420. The summed E-state index contributed by atoms with van der Waals surface area (Å²) < 4.78 is 5.58. The molecule has 17 heavy (non-hydrogen) atoms. The molecule has 0 aliphatic rings. The minimum atomic E-state index is -0.204. The van der Waals surface area contributed by atoms with Gasteiger partial charge >= 0.3 is 0 Å². The standard InChI is InChI=1S/C11H12Cl2N2OS/c1-17-3-2-8(14)11-15-9-5-6(12)4-7(13)10(9)16-11/h4-5,8H,2-3,14H2,1H3. The van der Waals surface area contributed by atoms with Crippen LogP contribution >= 0.6 is 35.0 Å². The van der Waals surface area contributed by atoms with Crippen molar-refractivity contribution < 1.29 is 4.42 Å². The van der Waals surface area contributed by atoms with Gasteiger partial charge in [-0.05, 0) is 30.6 Å². The summed E-state index contributed by atoms with van der Waals surface area (Å²) in [5.74, 6) is 1.48. The number of benzene rings is 1. The molecule has 6 heteroatoms. The topological polar surface area (TPSA) is 52.0 Å². The second-order valence-electron chi connectivity index (χ2n) is 3.68. The van der Waals surface area contributed by atoms with Gasteiger partial charge in [-0.2, -0.15) is 11.8 Å². The van der Waals surface area contributed by atoms with E-state index < -0.39 is 0 Å². The lowest BCUT2D eigenvalue weighted by molar-refractivity contribution is 0.470. The number of fused-ring (bicyclic) bond motifs is 1. The molecule has 1 aromatic carbocycles. The Labute approximate surface area is 114 Å². The highest BCUT2D eigenvalue weighted by atomic mass is 35.5. The van der Waals surface area contributed by atoms with Gasteiger partial charge in [0.1, 0.15) is 5.52 Å². The van der Waals surface area contributed by atoms with E-state index >= 15 is 0 Å². The van der Waals surface area contributed by atoms with Crippen LogP contribution in [0.3, 0.4) is 0 Å². The first-order valence-electron chi connectivity index (χ1n) is 5.12. The summed E-state index contributed by atoms with van der Waals surface area (Å²) in [4.78, 5) is 4.32. The number of hydrogen-bond donors (Lipinski definition) is 1.